The summed E-state index contributed by atoms with van der Waals surface area (Å²) < 4.78 is 27.2. The second-order valence-corrected chi connectivity index (χ2v) is 12.7. The number of pyridine rings is 2. The SMILES string of the molecule is CCN(C(=O)c1cc(F)ccc1Oc1cncnc1N1CCC(Oc2ccnc3c2CN(CCCNc2ccccn2)CC3)CC1)C(C)C. The molecule has 1 amide bonds. The van der Waals surface area contributed by atoms with Crippen LogP contribution in [0.1, 0.15) is 61.6 Å². The van der Waals surface area contributed by atoms with Gasteiger partial charge in [0.25, 0.3) is 5.91 Å². The zero-order chi connectivity index (χ0) is 34.2. The van der Waals surface area contributed by atoms with Crippen LogP contribution in [0.25, 0.3) is 0 Å². The molecule has 1 fully saturated rings. The number of halogens is 1. The number of fused-ring (bicyclic) bond motifs is 1. The maximum Gasteiger partial charge on any atom is 0.257 e. The van der Waals surface area contributed by atoms with Crippen molar-refractivity contribution in [1.29, 1.82) is 0 Å². The summed E-state index contributed by atoms with van der Waals surface area (Å²) in [6.45, 7) is 11.3. The van der Waals surface area contributed by atoms with Gasteiger partial charge in [-0.05, 0) is 63.6 Å². The molecule has 0 aliphatic carbocycles. The first-order valence-corrected chi connectivity index (χ1v) is 17.2. The molecule has 0 bridgehead atoms. The van der Waals surface area contributed by atoms with Crippen molar-refractivity contribution in [3.63, 3.8) is 0 Å². The maximum absolute atomic E-state index is 14.3. The van der Waals surface area contributed by atoms with E-state index in [2.05, 4.69) is 35.1 Å². The van der Waals surface area contributed by atoms with Gasteiger partial charge in [0.2, 0.25) is 0 Å². The van der Waals surface area contributed by atoms with E-state index >= 15 is 0 Å². The van der Waals surface area contributed by atoms with Crippen LogP contribution in [0.15, 0.2) is 67.4 Å². The predicted octanol–water partition coefficient (Wildman–Crippen LogP) is 5.98. The van der Waals surface area contributed by atoms with Gasteiger partial charge in [-0.3, -0.25) is 14.7 Å². The van der Waals surface area contributed by atoms with Crippen molar-refractivity contribution in [2.24, 2.45) is 0 Å². The van der Waals surface area contributed by atoms with Gasteiger partial charge in [-0.15, -0.1) is 0 Å². The fourth-order valence-corrected chi connectivity index (χ4v) is 6.51. The Hall–Kier alpha value is -4.84. The Morgan fingerprint density at radius 3 is 2.67 bits per heavy atom. The largest absolute Gasteiger partial charge is 0.490 e. The van der Waals surface area contributed by atoms with E-state index in [0.717, 1.165) is 69.1 Å². The summed E-state index contributed by atoms with van der Waals surface area (Å²) in [7, 11) is 0. The van der Waals surface area contributed by atoms with E-state index in [9.17, 15) is 9.18 Å². The molecule has 1 saturated heterocycles. The van der Waals surface area contributed by atoms with Gasteiger partial charge in [0, 0.05) is 94.8 Å². The lowest BCUT2D eigenvalue weighted by atomic mass is 10.0. The van der Waals surface area contributed by atoms with E-state index in [-0.39, 0.29) is 29.4 Å². The molecule has 0 spiro atoms. The topological polar surface area (TPSA) is 109 Å². The lowest BCUT2D eigenvalue weighted by Gasteiger charge is -2.35. The number of hydrogen-bond donors (Lipinski definition) is 1. The average molecular weight is 669 g/mol. The van der Waals surface area contributed by atoms with E-state index in [0.29, 0.717) is 31.2 Å². The number of amides is 1. The number of nitrogens with one attached hydrogen (secondary N) is 1. The second-order valence-electron chi connectivity index (χ2n) is 12.7. The third-order valence-electron chi connectivity index (χ3n) is 9.08. The zero-order valence-electron chi connectivity index (χ0n) is 28.5. The summed E-state index contributed by atoms with van der Waals surface area (Å²) in [6, 6.07) is 11.9. The van der Waals surface area contributed by atoms with Crippen LogP contribution in [0.4, 0.5) is 16.0 Å². The van der Waals surface area contributed by atoms with Gasteiger partial charge in [0.05, 0.1) is 11.8 Å². The summed E-state index contributed by atoms with van der Waals surface area (Å²) in [5.74, 6) is 2.33. The molecule has 258 valence electrons. The molecule has 0 saturated carbocycles. The van der Waals surface area contributed by atoms with Gasteiger partial charge >= 0.3 is 0 Å². The molecular formula is C37H45FN8O3. The Labute approximate surface area is 287 Å². The van der Waals surface area contributed by atoms with Gasteiger partial charge in [-0.25, -0.2) is 19.3 Å². The van der Waals surface area contributed by atoms with Crippen molar-refractivity contribution in [3.8, 4) is 17.2 Å². The minimum absolute atomic E-state index is 0.0456. The van der Waals surface area contributed by atoms with Crippen LogP contribution in [0.5, 0.6) is 17.2 Å². The molecule has 0 unspecified atom stereocenters. The van der Waals surface area contributed by atoms with Crippen molar-refractivity contribution >= 4 is 17.5 Å². The van der Waals surface area contributed by atoms with Crippen LogP contribution < -0.4 is 19.7 Å². The summed E-state index contributed by atoms with van der Waals surface area (Å²) in [5, 5.41) is 3.39. The predicted molar refractivity (Wildman–Crippen MR) is 187 cm³/mol. The number of nitrogens with zero attached hydrogens (tertiary/aromatic N) is 7. The molecule has 49 heavy (non-hydrogen) atoms. The molecule has 11 nitrogen and oxygen atoms in total. The second kappa shape index (κ2) is 16.0. The molecule has 1 aromatic carbocycles. The zero-order valence-corrected chi connectivity index (χ0v) is 28.5. The number of ether oxygens (including phenoxy) is 2. The number of carbonyl (C=O) groups excluding carboxylic acids is 1. The van der Waals surface area contributed by atoms with Gasteiger partial charge in [0.1, 0.15) is 35.6 Å². The normalized spacial score (nSPS) is 15.2. The van der Waals surface area contributed by atoms with Crippen molar-refractivity contribution in [2.45, 2.75) is 65.1 Å². The van der Waals surface area contributed by atoms with E-state index in [1.165, 1.54) is 30.1 Å². The Balaban J connectivity index is 1.07. The third-order valence-corrected chi connectivity index (χ3v) is 9.08. The number of carbonyl (C=O) groups is 1. The van der Waals surface area contributed by atoms with Crippen molar-refractivity contribution in [2.75, 3.05) is 49.5 Å². The van der Waals surface area contributed by atoms with Gasteiger partial charge in [-0.1, -0.05) is 6.07 Å². The van der Waals surface area contributed by atoms with Crippen LogP contribution >= 0.6 is 0 Å². The minimum atomic E-state index is -0.501. The molecule has 1 N–H and O–H groups in total. The average Bonchev–Trinajstić information content (AvgIpc) is 3.12. The fraction of sp³-hybridized carbons (Fsp3) is 0.432. The molecule has 6 rings (SSSR count). The molecule has 2 aliphatic rings. The Kier molecular flexibility index (Phi) is 11.1. The first kappa shape index (κ1) is 34.0. The Bertz CT molecular complexity index is 1700. The fourth-order valence-electron chi connectivity index (χ4n) is 6.51. The van der Waals surface area contributed by atoms with Gasteiger partial charge in [-0.2, -0.15) is 0 Å². The van der Waals surface area contributed by atoms with Crippen molar-refractivity contribution in [3.05, 3.63) is 90.0 Å². The summed E-state index contributed by atoms with van der Waals surface area (Å²) in [6.07, 6.45) is 10.3. The first-order valence-electron chi connectivity index (χ1n) is 17.2. The highest BCUT2D eigenvalue weighted by Crippen LogP contribution is 2.35. The highest BCUT2D eigenvalue weighted by Gasteiger charge is 2.28. The van der Waals surface area contributed by atoms with E-state index in [1.54, 1.807) is 17.3 Å². The molecular weight excluding hydrogens is 623 g/mol. The lowest BCUT2D eigenvalue weighted by Crippen LogP contribution is -2.39. The number of benzene rings is 1. The molecule has 2 aliphatic heterocycles. The molecule has 12 heteroatoms. The van der Waals surface area contributed by atoms with Crippen LogP contribution in [0.3, 0.4) is 0 Å². The molecule has 0 radical (unpaired) electrons. The number of piperidine rings is 1. The standard InChI is InChI=1S/C37H45FN8O3/c1-4-46(26(2)3)37(47)29-22-27(38)9-10-32(29)49-34-23-39-25-43-36(34)45-20-12-28(13-21-45)48-33-11-17-40-31-14-19-44(24-30(31)33)18-7-16-42-35-8-5-6-15-41-35/h5-6,8-11,15,17,22-23,25-26,28H,4,7,12-14,16,18-21,24H2,1-3H3,(H,41,42). The summed E-state index contributed by atoms with van der Waals surface area (Å²) >= 11 is 0. The minimum Gasteiger partial charge on any atom is -0.490 e. The van der Waals surface area contributed by atoms with E-state index < -0.39 is 5.82 Å². The van der Waals surface area contributed by atoms with Crippen molar-refractivity contribution < 1.29 is 18.7 Å². The van der Waals surface area contributed by atoms with E-state index in [1.807, 2.05) is 51.2 Å². The highest BCUT2D eigenvalue weighted by molar-refractivity contribution is 5.97. The number of aromatic nitrogens is 4. The third kappa shape index (κ3) is 8.43. The van der Waals surface area contributed by atoms with E-state index in [4.69, 9.17) is 9.47 Å². The Morgan fingerprint density at radius 2 is 1.90 bits per heavy atom. The quantitative estimate of drug-likeness (QED) is 0.171. The maximum atomic E-state index is 14.3. The molecule has 0 atom stereocenters. The first-order chi connectivity index (χ1) is 23.9. The van der Waals surface area contributed by atoms with Crippen LogP contribution in [0.2, 0.25) is 0 Å². The smallest absolute Gasteiger partial charge is 0.257 e. The molecule has 5 heterocycles. The summed E-state index contributed by atoms with van der Waals surface area (Å²) in [5.41, 5.74) is 2.47. The van der Waals surface area contributed by atoms with Gasteiger partial charge < -0.3 is 24.6 Å². The molecule has 4 aromatic rings. The number of hydrogen-bond acceptors (Lipinski definition) is 10. The van der Waals surface area contributed by atoms with Crippen molar-refractivity contribution in [1.82, 2.24) is 29.7 Å². The number of rotatable bonds is 13. The lowest BCUT2D eigenvalue weighted by molar-refractivity contribution is 0.0713. The molecule has 3 aromatic heterocycles. The van der Waals surface area contributed by atoms with Crippen LogP contribution in [0, 0.1) is 5.82 Å². The highest BCUT2D eigenvalue weighted by atomic mass is 19.1. The monoisotopic (exact) mass is 668 g/mol. The Morgan fingerprint density at radius 1 is 1.04 bits per heavy atom. The van der Waals surface area contributed by atoms with Crippen LogP contribution in [-0.4, -0.2) is 87.1 Å². The summed E-state index contributed by atoms with van der Waals surface area (Å²) in [4.78, 5) is 37.4. The number of anilines is 2. The van der Waals surface area contributed by atoms with Gasteiger partial charge in [0.15, 0.2) is 11.6 Å². The van der Waals surface area contributed by atoms with Crippen LogP contribution in [-0.2, 0) is 13.0 Å².